The molecule has 1 N–H and O–H groups in total. The Balaban J connectivity index is 0.00000128. The van der Waals surface area contributed by atoms with Crippen LogP contribution in [0.15, 0.2) is 24.5 Å². The Morgan fingerprint density at radius 1 is 1.50 bits per heavy atom. The molecule has 0 saturated carbocycles. The van der Waals surface area contributed by atoms with E-state index in [1.807, 2.05) is 0 Å². The Morgan fingerprint density at radius 3 is 2.94 bits per heavy atom. The molecule has 1 saturated heterocycles. The monoisotopic (exact) mass is 211 g/mol. The van der Waals surface area contributed by atoms with Gasteiger partial charge in [0.2, 0.25) is 5.91 Å². The Bertz CT molecular complexity index is 381. The minimum Gasteiger partial charge on any atom is -0.355 e. The van der Waals surface area contributed by atoms with Crippen LogP contribution in [0.3, 0.4) is 0 Å². The molecule has 16 heavy (non-hydrogen) atoms. The molecule has 4 nitrogen and oxygen atoms in total. The van der Waals surface area contributed by atoms with Gasteiger partial charge in [-0.15, -0.1) is 0 Å². The van der Waals surface area contributed by atoms with E-state index in [0.717, 1.165) is 6.42 Å². The van der Waals surface area contributed by atoms with Crippen LogP contribution in [0.4, 0.5) is 0 Å². The van der Waals surface area contributed by atoms with Crippen LogP contribution in [0.1, 0.15) is 23.2 Å². The van der Waals surface area contributed by atoms with Gasteiger partial charge < -0.3 is 5.32 Å². The summed E-state index contributed by atoms with van der Waals surface area (Å²) in [6, 6.07) is 3.39. The van der Waals surface area contributed by atoms with Gasteiger partial charge in [0, 0.05) is 43.4 Å². The zero-order chi connectivity index (χ0) is 10.7. The van der Waals surface area contributed by atoms with Gasteiger partial charge in [-0.1, -0.05) is 0 Å². The number of ketones is 1. The van der Waals surface area contributed by atoms with Crippen LogP contribution in [0.5, 0.6) is 0 Å². The van der Waals surface area contributed by atoms with Crippen molar-refractivity contribution in [2.24, 2.45) is 5.92 Å². The zero-order valence-electron chi connectivity index (χ0n) is 9.27. The van der Waals surface area contributed by atoms with E-state index in [-0.39, 0.29) is 30.6 Å². The topological polar surface area (TPSA) is 59.1 Å². The normalized spacial score (nSPS) is 19.5. The number of carbonyl (C=O) groups excluding carboxylic acids is 2. The van der Waals surface area contributed by atoms with Crippen LogP contribution < -0.4 is 5.32 Å². The summed E-state index contributed by atoms with van der Waals surface area (Å²) in [6.07, 6.45) is 4.61. The summed E-state index contributed by atoms with van der Waals surface area (Å²) >= 11 is 0. The fraction of sp³-hybridized carbons (Fsp3) is 0.364. The Morgan fingerprint density at radius 2 is 2.31 bits per heavy atom. The minimum absolute atomic E-state index is 0. The molecule has 1 unspecified atom stereocenters. The average molecular weight is 211 g/mol. The van der Waals surface area contributed by atoms with Gasteiger partial charge in [-0.05, 0) is 25.0 Å². The van der Waals surface area contributed by atoms with Gasteiger partial charge in [-0.25, -0.2) is 0 Å². The molecule has 2 heterocycles. The number of amides is 1. The van der Waals surface area contributed by atoms with Gasteiger partial charge in [0.1, 0.15) is 5.92 Å². The summed E-state index contributed by atoms with van der Waals surface area (Å²) < 4.78 is 0. The molecular formula is C11H12LiN2O2. The molecule has 1 radical (unpaired) electrons. The maximum absolute atomic E-state index is 11.9. The van der Waals surface area contributed by atoms with E-state index in [9.17, 15) is 9.59 Å². The molecule has 5 heteroatoms. The number of Topliss-reactive ketones (excluding diaryl/α,β-unsaturated/α-hetero) is 1. The summed E-state index contributed by atoms with van der Waals surface area (Å²) in [7, 11) is 0. The van der Waals surface area contributed by atoms with Gasteiger partial charge in [-0.2, -0.15) is 0 Å². The van der Waals surface area contributed by atoms with Crippen LogP contribution in [0.25, 0.3) is 0 Å². The van der Waals surface area contributed by atoms with E-state index in [2.05, 4.69) is 10.3 Å². The molecule has 0 bridgehead atoms. The molecule has 0 spiro atoms. The van der Waals surface area contributed by atoms with Crippen molar-refractivity contribution in [2.75, 3.05) is 6.54 Å². The molecule has 0 aliphatic carbocycles. The number of hydrogen-bond acceptors (Lipinski definition) is 3. The van der Waals surface area contributed by atoms with E-state index < -0.39 is 5.92 Å². The van der Waals surface area contributed by atoms with Crippen molar-refractivity contribution in [3.8, 4) is 0 Å². The molecular weight excluding hydrogens is 199 g/mol. The second-order valence-electron chi connectivity index (χ2n) is 3.59. The van der Waals surface area contributed by atoms with Crippen molar-refractivity contribution in [3.63, 3.8) is 0 Å². The molecule has 1 atom stereocenters. The number of piperidine rings is 1. The summed E-state index contributed by atoms with van der Waals surface area (Å²) in [4.78, 5) is 27.2. The maximum atomic E-state index is 11.9. The predicted molar refractivity (Wildman–Crippen MR) is 60.1 cm³/mol. The molecule has 79 valence electrons. The molecule has 1 amide bonds. The van der Waals surface area contributed by atoms with E-state index in [1.165, 1.54) is 6.20 Å². The first-order valence-electron chi connectivity index (χ1n) is 5.01. The quantitative estimate of drug-likeness (QED) is 0.438. The van der Waals surface area contributed by atoms with E-state index in [4.69, 9.17) is 0 Å². The Hall–Kier alpha value is -1.11. The predicted octanol–water partition coefficient (Wildman–Crippen LogP) is 0.410. The van der Waals surface area contributed by atoms with Gasteiger partial charge in [0.05, 0.1) is 0 Å². The van der Waals surface area contributed by atoms with Crippen molar-refractivity contribution in [2.45, 2.75) is 12.8 Å². The van der Waals surface area contributed by atoms with Crippen LogP contribution in [0, 0.1) is 5.92 Å². The molecule has 1 aliphatic rings. The standard InChI is InChI=1S/C11H12N2O2.Li/c14-10(8-3-1-5-12-7-8)9-4-2-6-13-11(9)15;/h1,3,5,7,9H,2,4,6H2,(H,13,15);. The first-order valence-corrected chi connectivity index (χ1v) is 5.01. The smallest absolute Gasteiger partial charge is 0.230 e. The van der Waals surface area contributed by atoms with Gasteiger partial charge >= 0.3 is 0 Å². The third-order valence-corrected chi connectivity index (χ3v) is 2.55. The summed E-state index contributed by atoms with van der Waals surface area (Å²) in [6.45, 7) is 0.676. The van der Waals surface area contributed by atoms with Crippen molar-refractivity contribution < 1.29 is 9.59 Å². The van der Waals surface area contributed by atoms with Gasteiger partial charge in [-0.3, -0.25) is 14.6 Å². The maximum Gasteiger partial charge on any atom is 0.230 e. The van der Waals surface area contributed by atoms with Crippen LogP contribution in [0.2, 0.25) is 0 Å². The van der Waals surface area contributed by atoms with Gasteiger partial charge in [0.25, 0.3) is 0 Å². The van der Waals surface area contributed by atoms with Crippen molar-refractivity contribution in [1.29, 1.82) is 0 Å². The van der Waals surface area contributed by atoms with Gasteiger partial charge in [0.15, 0.2) is 5.78 Å². The third kappa shape index (κ3) is 2.72. The zero-order valence-corrected chi connectivity index (χ0v) is 9.27. The average Bonchev–Trinajstić information content (AvgIpc) is 2.30. The molecule has 2 rings (SSSR count). The Kier molecular flexibility index (Phi) is 4.72. The van der Waals surface area contributed by atoms with Crippen LogP contribution >= 0.6 is 0 Å². The Labute approximate surface area is 106 Å². The minimum atomic E-state index is -0.525. The fourth-order valence-corrected chi connectivity index (χ4v) is 1.73. The van der Waals surface area contributed by atoms with Crippen molar-refractivity contribution >= 4 is 30.6 Å². The van der Waals surface area contributed by atoms with Crippen molar-refractivity contribution in [3.05, 3.63) is 30.1 Å². The second-order valence-corrected chi connectivity index (χ2v) is 3.59. The van der Waals surface area contributed by atoms with E-state index in [1.54, 1.807) is 18.3 Å². The number of nitrogens with one attached hydrogen (secondary N) is 1. The number of rotatable bonds is 2. The summed E-state index contributed by atoms with van der Waals surface area (Å²) in [5.41, 5.74) is 0.513. The fourth-order valence-electron chi connectivity index (χ4n) is 1.73. The molecule has 1 fully saturated rings. The second kappa shape index (κ2) is 5.83. The molecule has 0 aromatic carbocycles. The van der Waals surface area contributed by atoms with Crippen LogP contribution in [-0.2, 0) is 4.79 Å². The molecule has 1 aromatic heterocycles. The first-order chi connectivity index (χ1) is 7.29. The molecule has 1 aliphatic heterocycles. The third-order valence-electron chi connectivity index (χ3n) is 2.55. The number of aromatic nitrogens is 1. The van der Waals surface area contributed by atoms with E-state index >= 15 is 0 Å². The van der Waals surface area contributed by atoms with Crippen molar-refractivity contribution in [1.82, 2.24) is 10.3 Å². The number of nitrogens with zero attached hydrogens (tertiary/aromatic N) is 1. The molecule has 1 aromatic rings. The number of hydrogen-bond donors (Lipinski definition) is 1. The number of carbonyl (C=O) groups is 2. The first kappa shape index (κ1) is 13.0. The van der Waals surface area contributed by atoms with E-state index in [0.29, 0.717) is 18.5 Å². The van der Waals surface area contributed by atoms with Crippen LogP contribution in [-0.4, -0.2) is 42.1 Å². The number of pyridine rings is 1. The summed E-state index contributed by atoms with van der Waals surface area (Å²) in [5, 5.41) is 2.70. The largest absolute Gasteiger partial charge is 0.355 e. The summed E-state index contributed by atoms with van der Waals surface area (Å²) in [5.74, 6) is -0.807. The SMILES string of the molecule is O=C1NCCCC1C(=O)c1cccnc1.[Li].